The van der Waals surface area contributed by atoms with E-state index < -0.39 is 11.4 Å². The summed E-state index contributed by atoms with van der Waals surface area (Å²) in [5.74, 6) is -0.220. The second-order valence-electron chi connectivity index (χ2n) is 10.6. The predicted octanol–water partition coefficient (Wildman–Crippen LogP) is 4.92. The predicted molar refractivity (Wildman–Crippen MR) is 157 cm³/mol. The number of rotatable bonds is 5. The normalized spacial score (nSPS) is 17.5. The fourth-order valence-corrected chi connectivity index (χ4v) is 6.67. The van der Waals surface area contributed by atoms with Gasteiger partial charge in [-0.25, -0.2) is 0 Å². The van der Waals surface area contributed by atoms with E-state index in [0.717, 1.165) is 33.7 Å². The molecule has 0 aliphatic carbocycles. The molecule has 0 bridgehead atoms. The molecule has 0 radical (unpaired) electrons. The van der Waals surface area contributed by atoms with Gasteiger partial charge in [-0.2, -0.15) is 5.26 Å². The zero-order valence-corrected chi connectivity index (χ0v) is 23.9. The van der Waals surface area contributed by atoms with Gasteiger partial charge in [0.25, 0.3) is 17.4 Å². The third kappa shape index (κ3) is 4.33. The highest BCUT2D eigenvalue weighted by molar-refractivity contribution is 7.13. The first-order valence-corrected chi connectivity index (χ1v) is 14.3. The van der Waals surface area contributed by atoms with Gasteiger partial charge in [-0.3, -0.25) is 14.4 Å². The minimum atomic E-state index is -0.843. The van der Waals surface area contributed by atoms with E-state index in [0.29, 0.717) is 37.4 Å². The van der Waals surface area contributed by atoms with E-state index in [1.807, 2.05) is 41.1 Å². The number of likely N-dealkylation sites (tertiary alicyclic amines) is 1. The van der Waals surface area contributed by atoms with Crippen molar-refractivity contribution in [2.45, 2.75) is 38.3 Å². The second-order valence-corrected chi connectivity index (χ2v) is 11.6. The summed E-state index contributed by atoms with van der Waals surface area (Å²) in [6, 6.07) is 15.2. The lowest BCUT2D eigenvalue weighted by atomic mass is 9.93. The first kappa shape index (κ1) is 26.6. The number of nitrogens with zero attached hydrogens (tertiary/aromatic N) is 4. The fourth-order valence-electron chi connectivity index (χ4n) is 5.92. The molecular weight excluding hydrogens is 538 g/mol. The summed E-state index contributed by atoms with van der Waals surface area (Å²) in [7, 11) is 3.14. The molecule has 5 heterocycles. The van der Waals surface area contributed by atoms with Crippen LogP contribution < -0.4 is 15.6 Å². The number of amides is 2. The van der Waals surface area contributed by atoms with Gasteiger partial charge in [-0.15, -0.1) is 11.3 Å². The van der Waals surface area contributed by atoms with Gasteiger partial charge in [-0.1, -0.05) is 6.07 Å². The van der Waals surface area contributed by atoms with Crippen molar-refractivity contribution in [3.63, 3.8) is 0 Å². The van der Waals surface area contributed by atoms with Crippen molar-refractivity contribution in [2.24, 2.45) is 7.05 Å². The lowest BCUT2D eigenvalue weighted by Gasteiger charge is -2.30. The summed E-state index contributed by atoms with van der Waals surface area (Å²) in [5.41, 5.74) is 3.40. The maximum absolute atomic E-state index is 14.0. The molecule has 208 valence electrons. The molecule has 1 atom stereocenters. The van der Waals surface area contributed by atoms with E-state index in [9.17, 15) is 19.6 Å². The van der Waals surface area contributed by atoms with Crippen LogP contribution in [0.5, 0.6) is 5.75 Å². The van der Waals surface area contributed by atoms with Gasteiger partial charge in [0.05, 0.1) is 24.4 Å². The number of anilines is 1. The molecule has 3 aromatic heterocycles. The van der Waals surface area contributed by atoms with Crippen LogP contribution in [0.4, 0.5) is 5.69 Å². The van der Waals surface area contributed by atoms with Crippen molar-refractivity contribution < 1.29 is 14.3 Å². The van der Waals surface area contributed by atoms with Gasteiger partial charge in [0, 0.05) is 42.3 Å². The number of aryl methyl sites for hydroxylation is 2. The molecule has 0 spiro atoms. The molecule has 1 N–H and O–H groups in total. The third-order valence-corrected chi connectivity index (χ3v) is 9.03. The Balaban J connectivity index is 1.49. The van der Waals surface area contributed by atoms with Crippen LogP contribution in [0.25, 0.3) is 21.7 Å². The van der Waals surface area contributed by atoms with Crippen LogP contribution in [0, 0.1) is 11.3 Å². The van der Waals surface area contributed by atoms with Crippen molar-refractivity contribution >= 4 is 28.8 Å². The lowest BCUT2D eigenvalue weighted by Crippen LogP contribution is -2.44. The third-order valence-electron chi connectivity index (χ3n) is 8.13. The number of carbonyl (C=O) groups is 2. The topological polar surface area (TPSA) is 109 Å². The van der Waals surface area contributed by atoms with Crippen LogP contribution in [-0.4, -0.2) is 45.0 Å². The molecule has 2 amide bonds. The summed E-state index contributed by atoms with van der Waals surface area (Å²) in [6.45, 7) is 2.93. The average Bonchev–Trinajstić information content (AvgIpc) is 3.73. The Morgan fingerprint density at radius 1 is 1.15 bits per heavy atom. The number of hydrogen-bond acceptors (Lipinski definition) is 6. The van der Waals surface area contributed by atoms with Crippen LogP contribution in [0.15, 0.2) is 58.8 Å². The number of fused-ring (bicyclic) bond motifs is 3. The van der Waals surface area contributed by atoms with Gasteiger partial charge >= 0.3 is 0 Å². The van der Waals surface area contributed by atoms with Crippen molar-refractivity contribution in [2.75, 3.05) is 19.0 Å². The molecule has 9 nitrogen and oxygen atoms in total. The van der Waals surface area contributed by atoms with Crippen LogP contribution in [0.2, 0.25) is 0 Å². The zero-order chi connectivity index (χ0) is 28.9. The highest BCUT2D eigenvalue weighted by Gasteiger charge is 2.42. The molecule has 0 saturated carbocycles. The first-order valence-electron chi connectivity index (χ1n) is 13.4. The van der Waals surface area contributed by atoms with Gasteiger partial charge in [-0.05, 0) is 73.5 Å². The minimum absolute atomic E-state index is 0.162. The van der Waals surface area contributed by atoms with Crippen molar-refractivity contribution in [3.8, 4) is 33.5 Å². The molecular formula is C31H29N5O4S. The minimum Gasteiger partial charge on any atom is -0.496 e. The number of thiophene rings is 1. The Labute approximate surface area is 241 Å². The SMILES string of the molecule is COc1cc2c(cc1C(=O)Nc1cccn(C)c1=O)-c1c(-c3cccs3)cc(C(=O)N3CCC[C@]3(C)C#N)n1CC2. The van der Waals surface area contributed by atoms with Crippen LogP contribution >= 0.6 is 11.3 Å². The fraction of sp³-hybridized carbons (Fsp3) is 0.290. The smallest absolute Gasteiger partial charge is 0.274 e. The summed E-state index contributed by atoms with van der Waals surface area (Å²) in [4.78, 5) is 42.7. The summed E-state index contributed by atoms with van der Waals surface area (Å²) < 4.78 is 9.04. The Morgan fingerprint density at radius 2 is 1.98 bits per heavy atom. The van der Waals surface area contributed by atoms with Gasteiger partial charge in [0.15, 0.2) is 0 Å². The van der Waals surface area contributed by atoms with Gasteiger partial charge < -0.3 is 24.1 Å². The second kappa shape index (κ2) is 10.1. The van der Waals surface area contributed by atoms with Crippen LogP contribution in [-0.2, 0) is 20.0 Å². The van der Waals surface area contributed by atoms with Crippen molar-refractivity contribution in [1.29, 1.82) is 5.26 Å². The van der Waals surface area contributed by atoms with Crippen molar-refractivity contribution in [1.82, 2.24) is 14.0 Å². The molecule has 4 aromatic rings. The Morgan fingerprint density at radius 3 is 2.71 bits per heavy atom. The number of aromatic nitrogens is 2. The number of nitrogens with one attached hydrogen (secondary N) is 1. The quantitative estimate of drug-likeness (QED) is 0.368. The van der Waals surface area contributed by atoms with Gasteiger partial charge in [0.2, 0.25) is 0 Å². The average molecular weight is 568 g/mol. The van der Waals surface area contributed by atoms with Gasteiger partial charge in [0.1, 0.15) is 22.7 Å². The molecule has 2 aliphatic heterocycles. The van der Waals surface area contributed by atoms with E-state index in [1.165, 1.54) is 11.7 Å². The first-order chi connectivity index (χ1) is 19.8. The number of ether oxygens (including phenoxy) is 1. The molecule has 1 saturated heterocycles. The van der Waals surface area contributed by atoms with Crippen LogP contribution in [0.1, 0.15) is 46.2 Å². The molecule has 10 heteroatoms. The maximum atomic E-state index is 14.0. The van der Waals surface area contributed by atoms with E-state index in [4.69, 9.17) is 4.74 Å². The Bertz CT molecular complexity index is 1800. The summed E-state index contributed by atoms with van der Waals surface area (Å²) >= 11 is 1.58. The van der Waals surface area contributed by atoms with E-state index in [1.54, 1.807) is 47.7 Å². The van der Waals surface area contributed by atoms with Crippen LogP contribution in [0.3, 0.4) is 0 Å². The summed E-state index contributed by atoms with van der Waals surface area (Å²) in [5, 5.41) is 14.6. The molecule has 1 fully saturated rings. The molecule has 1 aromatic carbocycles. The number of benzene rings is 1. The molecule has 2 aliphatic rings. The Kier molecular flexibility index (Phi) is 6.54. The number of carbonyl (C=O) groups excluding carboxylic acids is 2. The number of methoxy groups -OCH3 is 1. The number of pyridine rings is 1. The monoisotopic (exact) mass is 567 g/mol. The largest absolute Gasteiger partial charge is 0.496 e. The molecule has 0 unspecified atom stereocenters. The molecule has 41 heavy (non-hydrogen) atoms. The highest BCUT2D eigenvalue weighted by Crippen LogP contribution is 2.44. The Hall–Kier alpha value is -4.62. The van der Waals surface area contributed by atoms with E-state index >= 15 is 0 Å². The number of nitriles is 1. The zero-order valence-electron chi connectivity index (χ0n) is 23.1. The van der Waals surface area contributed by atoms with Crippen molar-refractivity contribution in [3.05, 3.63) is 81.2 Å². The maximum Gasteiger partial charge on any atom is 0.274 e. The highest BCUT2D eigenvalue weighted by atomic mass is 32.1. The van der Waals surface area contributed by atoms with E-state index in [-0.39, 0.29) is 22.7 Å². The van der Waals surface area contributed by atoms with E-state index in [2.05, 4.69) is 11.4 Å². The number of hydrogen-bond donors (Lipinski definition) is 1. The standard InChI is InChI=1S/C31H29N5O4S/c1-31(18-32)10-6-12-36(31)30(39)24-17-22(26-8-5-14-41-26)27-20-16-21(25(40-3)15-19(20)9-13-35(24)27)28(37)33-23-7-4-11-34(2)29(23)38/h4-5,7-8,11,14-17H,6,9-10,12-13H2,1-3H3,(H,33,37)/t31-/m1/s1. The summed E-state index contributed by atoms with van der Waals surface area (Å²) in [6.07, 6.45) is 3.69. The molecule has 6 rings (SSSR count). The lowest BCUT2D eigenvalue weighted by molar-refractivity contribution is 0.0681.